The summed E-state index contributed by atoms with van der Waals surface area (Å²) in [4.78, 5) is 58.8. The predicted octanol–water partition coefficient (Wildman–Crippen LogP) is 0.403. The minimum Gasteiger partial charge on any atom is -0.456 e. The van der Waals surface area contributed by atoms with Gasteiger partial charge in [0.05, 0.1) is 16.9 Å². The molecule has 1 aromatic rings. The number of rotatable bonds is 7. The SMILES string of the molecule is O=C(COC(=O)CCN1C(=O)c2cccc([N+](=O)[O-])c2C1=O)NC1CC1. The van der Waals surface area contributed by atoms with Gasteiger partial charge in [0.15, 0.2) is 6.61 Å². The van der Waals surface area contributed by atoms with Gasteiger partial charge in [0.25, 0.3) is 23.4 Å². The molecule has 1 saturated carbocycles. The number of carbonyl (C=O) groups is 4. The normalized spacial score (nSPS) is 15.6. The van der Waals surface area contributed by atoms with Crippen molar-refractivity contribution in [2.75, 3.05) is 13.2 Å². The van der Waals surface area contributed by atoms with Crippen molar-refractivity contribution in [3.8, 4) is 0 Å². The Labute approximate surface area is 147 Å². The molecule has 1 aromatic carbocycles. The molecule has 1 aliphatic heterocycles. The molecule has 0 spiro atoms. The zero-order valence-corrected chi connectivity index (χ0v) is 13.6. The molecule has 0 saturated heterocycles. The molecule has 1 aliphatic carbocycles. The molecule has 136 valence electrons. The van der Waals surface area contributed by atoms with Gasteiger partial charge in [-0.3, -0.25) is 34.2 Å². The number of nitrogens with one attached hydrogen (secondary N) is 1. The third kappa shape index (κ3) is 3.53. The Morgan fingerprint density at radius 1 is 1.27 bits per heavy atom. The summed E-state index contributed by atoms with van der Waals surface area (Å²) in [6, 6.07) is 3.93. The largest absolute Gasteiger partial charge is 0.456 e. The Bertz CT molecular complexity index is 816. The molecule has 2 aliphatic rings. The van der Waals surface area contributed by atoms with Crippen molar-refractivity contribution in [3.63, 3.8) is 0 Å². The fourth-order valence-electron chi connectivity index (χ4n) is 2.59. The van der Waals surface area contributed by atoms with E-state index in [0.717, 1.165) is 23.8 Å². The van der Waals surface area contributed by atoms with Gasteiger partial charge in [-0.25, -0.2) is 0 Å². The second kappa shape index (κ2) is 6.90. The van der Waals surface area contributed by atoms with E-state index in [1.54, 1.807) is 0 Å². The van der Waals surface area contributed by atoms with Gasteiger partial charge in [-0.05, 0) is 18.9 Å². The van der Waals surface area contributed by atoms with Gasteiger partial charge in [-0.1, -0.05) is 6.07 Å². The summed E-state index contributed by atoms with van der Waals surface area (Å²) in [5.74, 6) is -2.68. The second-order valence-electron chi connectivity index (χ2n) is 5.97. The molecule has 26 heavy (non-hydrogen) atoms. The summed E-state index contributed by atoms with van der Waals surface area (Å²) >= 11 is 0. The van der Waals surface area contributed by atoms with Crippen molar-refractivity contribution >= 4 is 29.4 Å². The molecule has 0 radical (unpaired) electrons. The Balaban J connectivity index is 1.57. The van der Waals surface area contributed by atoms with Crippen LogP contribution in [0.1, 0.15) is 40.0 Å². The van der Waals surface area contributed by atoms with E-state index < -0.39 is 40.9 Å². The molecule has 1 N–H and O–H groups in total. The van der Waals surface area contributed by atoms with Crippen LogP contribution >= 0.6 is 0 Å². The first-order chi connectivity index (χ1) is 12.4. The molecule has 0 unspecified atom stereocenters. The maximum absolute atomic E-state index is 12.3. The lowest BCUT2D eigenvalue weighted by Crippen LogP contribution is -2.33. The standard InChI is InChI=1S/C16H15N3O7/c20-12(17-9-4-5-9)8-26-13(21)6-7-18-15(22)10-2-1-3-11(19(24)25)14(10)16(18)23/h1-3,9H,4-8H2,(H,17,20). The second-order valence-corrected chi connectivity index (χ2v) is 5.97. The van der Waals surface area contributed by atoms with E-state index in [4.69, 9.17) is 4.74 Å². The van der Waals surface area contributed by atoms with Crippen LogP contribution in [0.4, 0.5) is 5.69 Å². The Hall–Kier alpha value is -3.30. The number of nitro benzene ring substituents is 1. The van der Waals surface area contributed by atoms with Gasteiger partial charge in [0, 0.05) is 18.7 Å². The maximum atomic E-state index is 12.3. The van der Waals surface area contributed by atoms with E-state index in [1.165, 1.54) is 12.1 Å². The van der Waals surface area contributed by atoms with E-state index >= 15 is 0 Å². The molecule has 3 rings (SSSR count). The minimum absolute atomic E-state index is 0.0682. The highest BCUT2D eigenvalue weighted by atomic mass is 16.6. The van der Waals surface area contributed by atoms with Crippen molar-refractivity contribution < 1.29 is 28.8 Å². The number of nitrogens with zero attached hydrogens (tertiary/aromatic N) is 2. The number of nitro groups is 1. The zero-order valence-electron chi connectivity index (χ0n) is 13.6. The lowest BCUT2D eigenvalue weighted by Gasteiger charge is -2.13. The molecule has 0 aromatic heterocycles. The first-order valence-corrected chi connectivity index (χ1v) is 7.97. The molecule has 10 nitrogen and oxygen atoms in total. The number of benzene rings is 1. The van der Waals surface area contributed by atoms with Crippen molar-refractivity contribution in [2.24, 2.45) is 0 Å². The number of fused-ring (bicyclic) bond motifs is 1. The average Bonchev–Trinajstić information content (AvgIpc) is 3.38. The van der Waals surface area contributed by atoms with Crippen LogP contribution in [-0.2, 0) is 14.3 Å². The van der Waals surface area contributed by atoms with Crippen LogP contribution < -0.4 is 5.32 Å². The Morgan fingerprint density at radius 2 is 2.00 bits per heavy atom. The summed E-state index contributed by atoms with van der Waals surface area (Å²) in [6.45, 7) is -0.713. The van der Waals surface area contributed by atoms with Crippen LogP contribution in [0.2, 0.25) is 0 Å². The summed E-state index contributed by atoms with van der Waals surface area (Å²) in [5, 5.41) is 13.7. The number of amides is 3. The van der Waals surface area contributed by atoms with E-state index in [1.807, 2.05) is 0 Å². The number of carbonyl (C=O) groups excluding carboxylic acids is 4. The van der Waals surface area contributed by atoms with Gasteiger partial charge >= 0.3 is 5.97 Å². The van der Waals surface area contributed by atoms with Crippen LogP contribution in [0, 0.1) is 10.1 Å². The van der Waals surface area contributed by atoms with E-state index in [9.17, 15) is 29.3 Å². The Morgan fingerprint density at radius 3 is 2.65 bits per heavy atom. The van der Waals surface area contributed by atoms with Gasteiger partial charge in [0.1, 0.15) is 5.56 Å². The lowest BCUT2D eigenvalue weighted by molar-refractivity contribution is -0.385. The van der Waals surface area contributed by atoms with Gasteiger partial charge < -0.3 is 10.1 Å². The number of imide groups is 1. The van der Waals surface area contributed by atoms with Crippen molar-refractivity contribution in [1.29, 1.82) is 0 Å². The number of hydrogen-bond acceptors (Lipinski definition) is 7. The van der Waals surface area contributed by atoms with E-state index in [0.29, 0.717) is 0 Å². The third-order valence-corrected chi connectivity index (χ3v) is 4.02. The van der Waals surface area contributed by atoms with Crippen LogP contribution in [0.3, 0.4) is 0 Å². The van der Waals surface area contributed by atoms with Gasteiger partial charge in [0.2, 0.25) is 0 Å². The third-order valence-electron chi connectivity index (χ3n) is 4.02. The maximum Gasteiger partial charge on any atom is 0.308 e. The highest BCUT2D eigenvalue weighted by Crippen LogP contribution is 2.30. The average molecular weight is 361 g/mol. The molecule has 1 heterocycles. The van der Waals surface area contributed by atoms with E-state index in [2.05, 4.69) is 5.32 Å². The smallest absolute Gasteiger partial charge is 0.308 e. The summed E-state index contributed by atoms with van der Waals surface area (Å²) < 4.78 is 4.79. The molecule has 10 heteroatoms. The number of ether oxygens (including phenoxy) is 1. The van der Waals surface area contributed by atoms with Crippen LogP contribution in [0.15, 0.2) is 18.2 Å². The van der Waals surface area contributed by atoms with Crippen LogP contribution in [-0.4, -0.2) is 52.7 Å². The fourth-order valence-corrected chi connectivity index (χ4v) is 2.59. The van der Waals surface area contributed by atoms with Gasteiger partial charge in [-0.15, -0.1) is 0 Å². The first-order valence-electron chi connectivity index (χ1n) is 7.97. The topological polar surface area (TPSA) is 136 Å². The lowest BCUT2D eigenvalue weighted by atomic mass is 10.1. The number of esters is 1. The number of hydrogen-bond donors (Lipinski definition) is 1. The monoisotopic (exact) mass is 361 g/mol. The van der Waals surface area contributed by atoms with Crippen molar-refractivity contribution in [2.45, 2.75) is 25.3 Å². The molecule has 0 bridgehead atoms. The summed E-state index contributed by atoms with van der Waals surface area (Å²) in [5.41, 5.74) is -0.802. The molecular formula is C16H15N3O7. The molecule has 1 fully saturated rings. The molecule has 0 atom stereocenters. The summed E-state index contributed by atoms with van der Waals surface area (Å²) in [6.07, 6.45) is 1.51. The Kier molecular flexibility index (Phi) is 4.65. The zero-order chi connectivity index (χ0) is 18.8. The minimum atomic E-state index is -0.823. The summed E-state index contributed by atoms with van der Waals surface area (Å²) in [7, 11) is 0. The fraction of sp³-hybridized carbons (Fsp3) is 0.375. The quantitative estimate of drug-likeness (QED) is 0.321. The highest BCUT2D eigenvalue weighted by molar-refractivity contribution is 6.23. The van der Waals surface area contributed by atoms with Crippen LogP contribution in [0.25, 0.3) is 0 Å². The first kappa shape index (κ1) is 17.5. The highest BCUT2D eigenvalue weighted by Gasteiger charge is 2.40. The van der Waals surface area contributed by atoms with Crippen molar-refractivity contribution in [3.05, 3.63) is 39.4 Å². The van der Waals surface area contributed by atoms with E-state index in [-0.39, 0.29) is 30.1 Å². The van der Waals surface area contributed by atoms with Crippen molar-refractivity contribution in [1.82, 2.24) is 10.2 Å². The van der Waals surface area contributed by atoms with Gasteiger partial charge in [-0.2, -0.15) is 0 Å². The van der Waals surface area contributed by atoms with Crippen LogP contribution in [0.5, 0.6) is 0 Å². The molecular weight excluding hydrogens is 346 g/mol. The predicted molar refractivity (Wildman–Crippen MR) is 85.2 cm³/mol. The molecule has 3 amide bonds.